The summed E-state index contributed by atoms with van der Waals surface area (Å²) in [6.45, 7) is 5.72. The number of hydrogen-bond acceptors (Lipinski definition) is 5. The number of carbonyl (C=O) groups is 1. The summed E-state index contributed by atoms with van der Waals surface area (Å²) >= 11 is 0. The van der Waals surface area contributed by atoms with Crippen LogP contribution in [-0.4, -0.2) is 25.7 Å². The van der Waals surface area contributed by atoms with Crippen LogP contribution in [-0.2, 0) is 7.05 Å². The Balaban J connectivity index is 2.21. The van der Waals surface area contributed by atoms with Gasteiger partial charge in [-0.1, -0.05) is 13.8 Å². The van der Waals surface area contributed by atoms with Gasteiger partial charge in [-0.2, -0.15) is 5.10 Å². The minimum Gasteiger partial charge on any atom is -0.448 e. The zero-order chi connectivity index (χ0) is 14.0. The molecule has 0 aromatic carbocycles. The molecule has 1 amide bonds. The predicted molar refractivity (Wildman–Crippen MR) is 67.3 cm³/mol. The van der Waals surface area contributed by atoms with Gasteiger partial charge in [-0.3, -0.25) is 9.48 Å². The topological polar surface area (TPSA) is 85.8 Å². The Labute approximate surface area is 111 Å². The van der Waals surface area contributed by atoms with Gasteiger partial charge in [0.2, 0.25) is 0 Å². The summed E-state index contributed by atoms with van der Waals surface area (Å²) in [7, 11) is 1.80. The first kappa shape index (κ1) is 13.3. The molecular weight excluding hydrogens is 246 g/mol. The van der Waals surface area contributed by atoms with E-state index in [1.807, 2.05) is 13.8 Å². The smallest absolute Gasteiger partial charge is 0.274 e. The van der Waals surface area contributed by atoms with Crippen LogP contribution in [0.1, 0.15) is 42.0 Å². The average Bonchev–Trinajstić information content (AvgIpc) is 2.94. The molecule has 1 unspecified atom stereocenters. The average molecular weight is 263 g/mol. The van der Waals surface area contributed by atoms with Crippen LogP contribution in [0, 0.1) is 12.8 Å². The Morgan fingerprint density at radius 2 is 2.16 bits per heavy atom. The molecule has 2 aromatic rings. The van der Waals surface area contributed by atoms with Crippen LogP contribution in [0.3, 0.4) is 0 Å². The molecule has 0 spiro atoms. The van der Waals surface area contributed by atoms with E-state index < -0.39 is 0 Å². The summed E-state index contributed by atoms with van der Waals surface area (Å²) in [5.74, 6) is 1.12. The summed E-state index contributed by atoms with van der Waals surface area (Å²) in [6, 6.07) is -0.226. The first-order chi connectivity index (χ1) is 9.00. The van der Waals surface area contributed by atoms with Crippen LogP contribution >= 0.6 is 0 Å². The molecule has 2 heterocycles. The van der Waals surface area contributed by atoms with Gasteiger partial charge in [0, 0.05) is 7.05 Å². The lowest BCUT2D eigenvalue weighted by Crippen LogP contribution is -2.34. The number of aryl methyl sites for hydroxylation is 2. The van der Waals surface area contributed by atoms with Gasteiger partial charge >= 0.3 is 0 Å². The summed E-state index contributed by atoms with van der Waals surface area (Å²) in [4.78, 5) is 20.3. The first-order valence-electron chi connectivity index (χ1n) is 6.05. The Kier molecular flexibility index (Phi) is 3.64. The molecule has 102 valence electrons. The summed E-state index contributed by atoms with van der Waals surface area (Å²) in [6.07, 6.45) is 2.73. The van der Waals surface area contributed by atoms with Crippen molar-refractivity contribution in [1.29, 1.82) is 0 Å². The lowest BCUT2D eigenvalue weighted by atomic mass is 10.0. The number of amides is 1. The van der Waals surface area contributed by atoms with Gasteiger partial charge in [0.1, 0.15) is 17.9 Å². The second kappa shape index (κ2) is 5.21. The number of carbonyl (C=O) groups excluding carboxylic acids is 1. The van der Waals surface area contributed by atoms with Gasteiger partial charge in [-0.15, -0.1) is 0 Å². The highest BCUT2D eigenvalue weighted by Crippen LogP contribution is 2.19. The molecule has 0 aliphatic rings. The lowest BCUT2D eigenvalue weighted by molar-refractivity contribution is 0.0916. The van der Waals surface area contributed by atoms with Crippen molar-refractivity contribution in [1.82, 2.24) is 25.1 Å². The van der Waals surface area contributed by atoms with Crippen molar-refractivity contribution in [2.24, 2.45) is 13.0 Å². The van der Waals surface area contributed by atoms with E-state index in [0.717, 1.165) is 0 Å². The Morgan fingerprint density at radius 3 is 2.63 bits per heavy atom. The van der Waals surface area contributed by atoms with Gasteiger partial charge in [0.15, 0.2) is 12.1 Å². The highest BCUT2D eigenvalue weighted by Gasteiger charge is 2.25. The summed E-state index contributed by atoms with van der Waals surface area (Å²) in [5.41, 5.74) is 0.299. The Morgan fingerprint density at radius 1 is 1.42 bits per heavy atom. The molecule has 0 bridgehead atoms. The number of oxazole rings is 1. The second-order valence-corrected chi connectivity index (χ2v) is 4.69. The normalized spacial score (nSPS) is 12.7. The molecule has 0 aliphatic carbocycles. The fraction of sp³-hybridized carbons (Fsp3) is 0.500. The summed E-state index contributed by atoms with van der Waals surface area (Å²) < 4.78 is 6.69. The third-order valence-corrected chi connectivity index (χ3v) is 2.94. The van der Waals surface area contributed by atoms with E-state index in [2.05, 4.69) is 20.4 Å². The molecule has 0 radical (unpaired) electrons. The van der Waals surface area contributed by atoms with Crippen molar-refractivity contribution < 1.29 is 9.21 Å². The zero-order valence-electron chi connectivity index (χ0n) is 11.4. The largest absolute Gasteiger partial charge is 0.448 e. The molecule has 7 nitrogen and oxygen atoms in total. The molecule has 0 aliphatic heterocycles. The van der Waals surface area contributed by atoms with Crippen LogP contribution in [0.15, 0.2) is 17.1 Å². The maximum Gasteiger partial charge on any atom is 0.274 e. The highest BCUT2D eigenvalue weighted by molar-refractivity contribution is 5.93. The van der Waals surface area contributed by atoms with Crippen LogP contribution in [0.5, 0.6) is 0 Å². The van der Waals surface area contributed by atoms with Crippen molar-refractivity contribution in [2.45, 2.75) is 26.8 Å². The van der Waals surface area contributed by atoms with Crippen LogP contribution < -0.4 is 5.32 Å². The highest BCUT2D eigenvalue weighted by atomic mass is 16.3. The first-order valence-corrected chi connectivity index (χ1v) is 6.05. The molecule has 0 fully saturated rings. The monoisotopic (exact) mass is 263 g/mol. The van der Waals surface area contributed by atoms with E-state index in [0.29, 0.717) is 17.3 Å². The number of rotatable bonds is 4. The molecule has 19 heavy (non-hydrogen) atoms. The van der Waals surface area contributed by atoms with E-state index in [1.54, 1.807) is 18.7 Å². The molecule has 7 heteroatoms. The van der Waals surface area contributed by atoms with Gasteiger partial charge in [-0.25, -0.2) is 9.97 Å². The second-order valence-electron chi connectivity index (χ2n) is 4.69. The van der Waals surface area contributed by atoms with Gasteiger partial charge in [-0.05, 0) is 12.8 Å². The summed E-state index contributed by atoms with van der Waals surface area (Å²) in [5, 5.41) is 6.95. The number of nitrogens with one attached hydrogen (secondary N) is 1. The quantitative estimate of drug-likeness (QED) is 0.896. The van der Waals surface area contributed by atoms with Gasteiger partial charge < -0.3 is 9.73 Å². The van der Waals surface area contributed by atoms with Crippen molar-refractivity contribution in [2.75, 3.05) is 0 Å². The number of hydrogen-bond donors (Lipinski definition) is 1. The Hall–Kier alpha value is -2.18. The molecule has 2 rings (SSSR count). The van der Waals surface area contributed by atoms with Crippen molar-refractivity contribution >= 4 is 5.91 Å². The van der Waals surface area contributed by atoms with Gasteiger partial charge in [0.05, 0.1) is 6.04 Å². The Bertz CT molecular complexity index is 572. The minimum atomic E-state index is -0.270. The third-order valence-electron chi connectivity index (χ3n) is 2.94. The predicted octanol–water partition coefficient (Wildman–Crippen LogP) is 1.24. The van der Waals surface area contributed by atoms with Crippen molar-refractivity contribution in [3.8, 4) is 0 Å². The fourth-order valence-electron chi connectivity index (χ4n) is 1.85. The van der Waals surface area contributed by atoms with E-state index >= 15 is 0 Å². The standard InChI is InChI=1S/C12H17N5O2/c1-7(2)9(11-13-5-15-17(11)4)16-12(18)10-8(3)19-6-14-10/h5-7,9H,1-4H3,(H,16,18). The molecule has 1 atom stereocenters. The minimum absolute atomic E-state index is 0.180. The zero-order valence-corrected chi connectivity index (χ0v) is 11.4. The maximum atomic E-state index is 12.2. The molecule has 0 saturated heterocycles. The maximum absolute atomic E-state index is 12.2. The number of nitrogens with zero attached hydrogens (tertiary/aromatic N) is 4. The van der Waals surface area contributed by atoms with E-state index in [1.165, 1.54) is 12.7 Å². The van der Waals surface area contributed by atoms with E-state index in [9.17, 15) is 4.79 Å². The van der Waals surface area contributed by atoms with Crippen LogP contribution in [0.25, 0.3) is 0 Å². The number of aromatic nitrogens is 4. The third kappa shape index (κ3) is 2.64. The van der Waals surface area contributed by atoms with Crippen LogP contribution in [0.2, 0.25) is 0 Å². The van der Waals surface area contributed by atoms with Crippen LogP contribution in [0.4, 0.5) is 0 Å². The molecule has 0 saturated carbocycles. The lowest BCUT2D eigenvalue weighted by Gasteiger charge is -2.20. The SMILES string of the molecule is Cc1ocnc1C(=O)NC(c1ncnn1C)C(C)C. The van der Waals surface area contributed by atoms with E-state index in [4.69, 9.17) is 4.42 Å². The van der Waals surface area contributed by atoms with Crippen molar-refractivity contribution in [3.63, 3.8) is 0 Å². The van der Waals surface area contributed by atoms with Gasteiger partial charge in [0.25, 0.3) is 5.91 Å². The van der Waals surface area contributed by atoms with E-state index in [-0.39, 0.29) is 17.9 Å². The molecular formula is C12H17N5O2. The molecule has 2 aromatic heterocycles. The van der Waals surface area contributed by atoms with Crippen molar-refractivity contribution in [3.05, 3.63) is 30.0 Å². The fourth-order valence-corrected chi connectivity index (χ4v) is 1.85. The molecule has 1 N–H and O–H groups in total.